The van der Waals surface area contributed by atoms with Crippen LogP contribution in [0, 0.1) is 0 Å². The maximum atomic E-state index is 5.21. The molecular weight excluding hydrogens is 379 g/mol. The Kier molecular flexibility index (Phi) is 5.85. The van der Waals surface area contributed by atoms with Crippen molar-refractivity contribution in [3.63, 3.8) is 0 Å². The number of rotatable bonds is 5. The lowest BCUT2D eigenvalue weighted by Crippen LogP contribution is -2.13. The van der Waals surface area contributed by atoms with Crippen LogP contribution in [-0.4, -0.2) is 21.9 Å². The van der Waals surface area contributed by atoms with Crippen molar-refractivity contribution in [2.75, 3.05) is 0 Å². The second-order valence-electron chi connectivity index (χ2n) is 7.13. The highest BCUT2D eigenvalue weighted by Gasteiger charge is 2.48. The number of amidine groups is 1. The van der Waals surface area contributed by atoms with Crippen LogP contribution in [0.3, 0.4) is 0 Å². The molecule has 0 amide bonds. The minimum atomic E-state index is -0.155. The number of para-hydroxylation sites is 1. The zero-order chi connectivity index (χ0) is 19.5. The summed E-state index contributed by atoms with van der Waals surface area (Å²) in [5, 5.41) is 0. The Morgan fingerprint density at radius 3 is 2.14 bits per heavy atom. The van der Waals surface area contributed by atoms with E-state index in [1.165, 1.54) is 15.4 Å². The predicted octanol–water partition coefficient (Wildman–Crippen LogP) is 7.38. The summed E-state index contributed by atoms with van der Waals surface area (Å²) in [5.74, 6) is 1.69. The Balaban J connectivity index is 1.74. The molecule has 1 saturated heterocycles. The Morgan fingerprint density at radius 1 is 0.893 bits per heavy atom. The normalized spacial score (nSPS) is 19.1. The summed E-state index contributed by atoms with van der Waals surface area (Å²) in [6, 6.07) is 29.6. The molecule has 3 aromatic carbocycles. The van der Waals surface area contributed by atoms with E-state index in [9.17, 15) is 0 Å². The average molecular weight is 405 g/mol. The monoisotopic (exact) mass is 404 g/mol. The SMILES string of the molecule is CC(C)P1C(C)N1/C(=N/c1ccccc1Sc1ccccc1)c1ccccc1. The third kappa shape index (κ3) is 4.16. The third-order valence-corrected chi connectivity index (χ3v) is 8.70. The van der Waals surface area contributed by atoms with Gasteiger partial charge in [-0.25, -0.2) is 4.99 Å². The molecule has 2 unspecified atom stereocenters. The minimum absolute atomic E-state index is 0.155. The molecule has 1 heterocycles. The Labute approximate surface area is 173 Å². The molecule has 0 spiro atoms. The number of aliphatic imine (C=N–C) groups is 1. The van der Waals surface area contributed by atoms with Crippen molar-refractivity contribution in [3.05, 3.63) is 90.5 Å². The van der Waals surface area contributed by atoms with Crippen molar-refractivity contribution in [2.45, 2.75) is 42.0 Å². The fourth-order valence-corrected chi connectivity index (χ4v) is 6.95. The molecular formula is C24H25N2PS. The largest absolute Gasteiger partial charge is 0.324 e. The quantitative estimate of drug-likeness (QED) is 0.191. The first kappa shape index (κ1) is 19.2. The fraction of sp³-hybridized carbons (Fsp3) is 0.208. The number of hydrogen-bond acceptors (Lipinski definition) is 2. The van der Waals surface area contributed by atoms with Gasteiger partial charge in [0.15, 0.2) is 0 Å². The van der Waals surface area contributed by atoms with Gasteiger partial charge in [-0.2, -0.15) is 0 Å². The predicted molar refractivity (Wildman–Crippen MR) is 123 cm³/mol. The van der Waals surface area contributed by atoms with E-state index in [0.717, 1.165) is 11.5 Å². The fourth-order valence-electron chi connectivity index (χ4n) is 3.45. The second kappa shape index (κ2) is 8.51. The van der Waals surface area contributed by atoms with Gasteiger partial charge < -0.3 is 4.67 Å². The van der Waals surface area contributed by atoms with Crippen LogP contribution in [0.4, 0.5) is 5.69 Å². The van der Waals surface area contributed by atoms with Gasteiger partial charge in [-0.05, 0) is 36.8 Å². The van der Waals surface area contributed by atoms with Crippen molar-refractivity contribution < 1.29 is 0 Å². The lowest BCUT2D eigenvalue weighted by Gasteiger charge is -2.13. The molecule has 1 aliphatic rings. The lowest BCUT2D eigenvalue weighted by atomic mass is 10.2. The van der Waals surface area contributed by atoms with Gasteiger partial charge in [0.05, 0.1) is 11.5 Å². The van der Waals surface area contributed by atoms with E-state index in [0.29, 0.717) is 11.4 Å². The zero-order valence-corrected chi connectivity index (χ0v) is 18.2. The van der Waals surface area contributed by atoms with E-state index in [-0.39, 0.29) is 8.07 Å². The molecule has 3 aromatic rings. The molecule has 4 rings (SSSR count). The molecule has 142 valence electrons. The summed E-state index contributed by atoms with van der Waals surface area (Å²) in [5.41, 5.74) is 2.90. The molecule has 2 nitrogen and oxygen atoms in total. The number of hydrogen-bond donors (Lipinski definition) is 0. The van der Waals surface area contributed by atoms with Gasteiger partial charge in [0.25, 0.3) is 0 Å². The van der Waals surface area contributed by atoms with Crippen LogP contribution in [0.2, 0.25) is 0 Å². The van der Waals surface area contributed by atoms with Gasteiger partial charge in [-0.1, -0.05) is 86.3 Å². The summed E-state index contributed by atoms with van der Waals surface area (Å²) in [6.45, 7) is 6.98. The molecule has 0 N–H and O–H groups in total. The Hall–Kier alpha value is -2.09. The Morgan fingerprint density at radius 2 is 1.50 bits per heavy atom. The molecule has 4 heteroatoms. The van der Waals surface area contributed by atoms with Gasteiger partial charge in [-0.15, -0.1) is 0 Å². The first-order chi connectivity index (χ1) is 13.6. The van der Waals surface area contributed by atoms with E-state index in [1.807, 2.05) is 0 Å². The zero-order valence-electron chi connectivity index (χ0n) is 16.5. The highest BCUT2D eigenvalue weighted by atomic mass is 32.2. The van der Waals surface area contributed by atoms with E-state index in [4.69, 9.17) is 4.99 Å². The van der Waals surface area contributed by atoms with Gasteiger partial charge in [-0.3, -0.25) is 0 Å². The van der Waals surface area contributed by atoms with E-state index >= 15 is 0 Å². The van der Waals surface area contributed by atoms with Crippen molar-refractivity contribution in [3.8, 4) is 0 Å². The summed E-state index contributed by atoms with van der Waals surface area (Å²) < 4.78 is 2.53. The summed E-state index contributed by atoms with van der Waals surface area (Å²) in [4.78, 5) is 7.63. The average Bonchev–Trinajstić information content (AvgIpc) is 3.39. The van der Waals surface area contributed by atoms with Crippen LogP contribution in [-0.2, 0) is 0 Å². The van der Waals surface area contributed by atoms with Crippen LogP contribution >= 0.6 is 19.8 Å². The first-order valence-corrected chi connectivity index (χ1v) is 11.9. The van der Waals surface area contributed by atoms with Crippen LogP contribution in [0.15, 0.2) is 99.7 Å². The van der Waals surface area contributed by atoms with Gasteiger partial charge in [0.1, 0.15) is 5.84 Å². The lowest BCUT2D eigenvalue weighted by molar-refractivity contribution is 0.789. The summed E-state index contributed by atoms with van der Waals surface area (Å²) in [6.07, 6.45) is 0. The van der Waals surface area contributed by atoms with E-state index in [1.54, 1.807) is 11.8 Å². The molecule has 28 heavy (non-hydrogen) atoms. The van der Waals surface area contributed by atoms with Crippen LogP contribution in [0.1, 0.15) is 26.3 Å². The maximum absolute atomic E-state index is 5.21. The van der Waals surface area contributed by atoms with Gasteiger partial charge in [0.2, 0.25) is 0 Å². The van der Waals surface area contributed by atoms with Crippen molar-refractivity contribution >= 4 is 31.4 Å². The molecule has 0 bridgehead atoms. The smallest absolute Gasteiger partial charge is 0.140 e. The van der Waals surface area contributed by atoms with Gasteiger partial charge >= 0.3 is 0 Å². The molecule has 0 aliphatic carbocycles. The van der Waals surface area contributed by atoms with Crippen LogP contribution < -0.4 is 0 Å². The standard InChI is InChI=1S/C24H25N2PS/c1-18(2)27-19(3)26(27)24(20-12-6-4-7-13-20)25-22-16-10-11-17-23(22)28-21-14-8-5-9-15-21/h4-19H,1-3H3/b25-24+. The van der Waals surface area contributed by atoms with E-state index in [2.05, 4.69) is 110 Å². The minimum Gasteiger partial charge on any atom is -0.324 e. The third-order valence-electron chi connectivity index (χ3n) is 4.77. The summed E-state index contributed by atoms with van der Waals surface area (Å²) in [7, 11) is -0.155. The van der Waals surface area contributed by atoms with E-state index < -0.39 is 0 Å². The van der Waals surface area contributed by atoms with Gasteiger partial charge in [0, 0.05) is 23.4 Å². The molecule has 1 aliphatic heterocycles. The Bertz CT molecular complexity index is 957. The summed E-state index contributed by atoms with van der Waals surface area (Å²) >= 11 is 1.77. The molecule has 0 radical (unpaired) electrons. The van der Waals surface area contributed by atoms with Crippen molar-refractivity contribution in [1.82, 2.24) is 4.67 Å². The number of nitrogens with zero attached hydrogens (tertiary/aromatic N) is 2. The molecule has 2 atom stereocenters. The topological polar surface area (TPSA) is 15.4 Å². The maximum Gasteiger partial charge on any atom is 0.140 e. The highest BCUT2D eigenvalue weighted by molar-refractivity contribution is 7.99. The molecule has 0 saturated carbocycles. The second-order valence-corrected chi connectivity index (χ2v) is 11.2. The number of benzene rings is 3. The highest BCUT2D eigenvalue weighted by Crippen LogP contribution is 2.68. The van der Waals surface area contributed by atoms with Crippen LogP contribution in [0.25, 0.3) is 0 Å². The van der Waals surface area contributed by atoms with Crippen molar-refractivity contribution in [2.24, 2.45) is 4.99 Å². The van der Waals surface area contributed by atoms with Crippen molar-refractivity contribution in [1.29, 1.82) is 0 Å². The van der Waals surface area contributed by atoms with Crippen LogP contribution in [0.5, 0.6) is 0 Å². The molecule has 0 aromatic heterocycles. The first-order valence-electron chi connectivity index (χ1n) is 9.68. The molecule has 1 fully saturated rings.